The number of carbonyl (C=O) groups is 2. The van der Waals surface area contributed by atoms with E-state index >= 15 is 0 Å². The van der Waals surface area contributed by atoms with Gasteiger partial charge in [-0.15, -0.1) is 0 Å². The molecular formula is C12H18N3O2. The van der Waals surface area contributed by atoms with Crippen LogP contribution in [0.3, 0.4) is 0 Å². The Bertz CT molecular complexity index is 384. The summed E-state index contributed by atoms with van der Waals surface area (Å²) in [6.07, 6.45) is 2.00. The van der Waals surface area contributed by atoms with Crippen LogP contribution >= 0.6 is 0 Å². The highest BCUT2D eigenvalue weighted by molar-refractivity contribution is 5.94. The second-order valence-electron chi connectivity index (χ2n) is 5.41. The molecule has 1 aliphatic rings. The van der Waals surface area contributed by atoms with Crippen molar-refractivity contribution in [1.82, 2.24) is 4.90 Å². The Hall–Kier alpha value is -1.57. The lowest BCUT2D eigenvalue weighted by atomic mass is 9.88. The van der Waals surface area contributed by atoms with E-state index in [4.69, 9.17) is 11.0 Å². The van der Waals surface area contributed by atoms with Gasteiger partial charge in [-0.2, -0.15) is 5.26 Å². The zero-order chi connectivity index (χ0) is 13.3. The van der Waals surface area contributed by atoms with Crippen LogP contribution in [0.15, 0.2) is 0 Å². The van der Waals surface area contributed by atoms with E-state index in [1.54, 1.807) is 18.7 Å². The van der Waals surface area contributed by atoms with Crippen molar-refractivity contribution in [2.75, 3.05) is 13.1 Å². The van der Waals surface area contributed by atoms with E-state index in [-0.39, 0.29) is 5.91 Å². The first-order valence-corrected chi connectivity index (χ1v) is 5.56. The minimum absolute atomic E-state index is 0.229. The summed E-state index contributed by atoms with van der Waals surface area (Å²) in [6.45, 7) is 6.00. The van der Waals surface area contributed by atoms with Crippen LogP contribution in [0.25, 0.3) is 0 Å². The minimum atomic E-state index is -0.956. The molecule has 0 saturated carbocycles. The Morgan fingerprint density at radius 3 is 2.53 bits per heavy atom. The van der Waals surface area contributed by atoms with Gasteiger partial charge in [-0.05, 0) is 13.3 Å². The van der Waals surface area contributed by atoms with Crippen molar-refractivity contribution in [2.45, 2.75) is 27.2 Å². The van der Waals surface area contributed by atoms with Gasteiger partial charge in [-0.3, -0.25) is 9.59 Å². The third-order valence-electron chi connectivity index (χ3n) is 3.17. The van der Waals surface area contributed by atoms with Crippen LogP contribution in [0.4, 0.5) is 0 Å². The van der Waals surface area contributed by atoms with Crippen LogP contribution in [-0.2, 0) is 9.59 Å². The number of nitrogens with zero attached hydrogens (tertiary/aromatic N) is 2. The van der Waals surface area contributed by atoms with Gasteiger partial charge in [-0.25, -0.2) is 0 Å². The van der Waals surface area contributed by atoms with E-state index < -0.39 is 16.7 Å². The molecule has 1 atom stereocenters. The molecule has 0 spiro atoms. The Labute approximate surface area is 102 Å². The number of carbonyl (C=O) groups excluding carboxylic acids is 2. The standard InChI is InChI=1S/C12H18N3O2/c1-11(2,10(14)17)6-9(16)15-5-4-12(3,7-13)8-15/h6H,4-5,8H2,1-3H3,(H2,14,17)/t12-/m0/s1. The fourth-order valence-corrected chi connectivity index (χ4v) is 1.71. The molecule has 2 amide bonds. The number of likely N-dealkylation sites (tertiary alicyclic amines) is 1. The van der Waals surface area contributed by atoms with Gasteiger partial charge in [-0.1, -0.05) is 13.8 Å². The third-order valence-corrected chi connectivity index (χ3v) is 3.17. The van der Waals surface area contributed by atoms with Crippen molar-refractivity contribution in [2.24, 2.45) is 16.6 Å². The molecule has 0 aromatic heterocycles. The van der Waals surface area contributed by atoms with Gasteiger partial charge in [0.1, 0.15) is 0 Å². The molecule has 0 aromatic carbocycles. The number of nitrogens with two attached hydrogens (primary N) is 1. The maximum absolute atomic E-state index is 11.9. The molecule has 1 saturated heterocycles. The molecule has 1 radical (unpaired) electrons. The predicted octanol–water partition coefficient (Wildman–Crippen LogP) is 0.464. The van der Waals surface area contributed by atoms with Crippen LogP contribution in [0, 0.1) is 28.6 Å². The van der Waals surface area contributed by atoms with Crippen molar-refractivity contribution < 1.29 is 9.59 Å². The summed E-state index contributed by atoms with van der Waals surface area (Å²) in [7, 11) is 0. The molecule has 2 N–H and O–H groups in total. The van der Waals surface area contributed by atoms with Crippen molar-refractivity contribution in [3.05, 3.63) is 6.42 Å². The zero-order valence-corrected chi connectivity index (χ0v) is 10.5. The second kappa shape index (κ2) is 4.36. The molecule has 5 nitrogen and oxygen atoms in total. The first-order valence-electron chi connectivity index (χ1n) is 5.56. The van der Waals surface area contributed by atoms with Crippen molar-refractivity contribution in [1.29, 1.82) is 5.26 Å². The molecule has 17 heavy (non-hydrogen) atoms. The molecule has 0 aromatic rings. The van der Waals surface area contributed by atoms with Gasteiger partial charge in [0.15, 0.2) is 0 Å². The van der Waals surface area contributed by atoms with E-state index in [9.17, 15) is 9.59 Å². The van der Waals surface area contributed by atoms with Crippen LogP contribution < -0.4 is 5.73 Å². The highest BCUT2D eigenvalue weighted by atomic mass is 16.2. The van der Waals surface area contributed by atoms with E-state index in [1.165, 1.54) is 6.42 Å². The zero-order valence-electron chi connectivity index (χ0n) is 10.5. The smallest absolute Gasteiger partial charge is 0.227 e. The molecule has 1 aliphatic heterocycles. The molecule has 1 rings (SSSR count). The molecular weight excluding hydrogens is 218 g/mol. The molecule has 0 bridgehead atoms. The molecule has 1 fully saturated rings. The number of nitriles is 1. The van der Waals surface area contributed by atoms with Crippen LogP contribution in [0.2, 0.25) is 0 Å². The Kier molecular flexibility index (Phi) is 3.46. The lowest BCUT2D eigenvalue weighted by molar-refractivity contribution is -0.132. The summed E-state index contributed by atoms with van der Waals surface area (Å²) in [5, 5.41) is 8.97. The van der Waals surface area contributed by atoms with Gasteiger partial charge in [0, 0.05) is 13.1 Å². The second-order valence-corrected chi connectivity index (χ2v) is 5.41. The van der Waals surface area contributed by atoms with Gasteiger partial charge in [0.2, 0.25) is 11.8 Å². The molecule has 0 aliphatic carbocycles. The fourth-order valence-electron chi connectivity index (χ4n) is 1.71. The lowest BCUT2D eigenvalue weighted by Crippen LogP contribution is -2.39. The highest BCUT2D eigenvalue weighted by Gasteiger charge is 2.38. The van der Waals surface area contributed by atoms with Crippen molar-refractivity contribution in [3.63, 3.8) is 0 Å². The maximum Gasteiger partial charge on any atom is 0.227 e. The average molecular weight is 236 g/mol. The van der Waals surface area contributed by atoms with Gasteiger partial charge < -0.3 is 10.6 Å². The molecule has 0 unspecified atom stereocenters. The minimum Gasteiger partial charge on any atom is -0.369 e. The van der Waals surface area contributed by atoms with Crippen molar-refractivity contribution >= 4 is 11.8 Å². The van der Waals surface area contributed by atoms with E-state index in [0.717, 1.165) is 0 Å². The predicted molar refractivity (Wildman–Crippen MR) is 62.2 cm³/mol. The number of hydrogen-bond acceptors (Lipinski definition) is 3. The molecule has 5 heteroatoms. The average Bonchev–Trinajstić information content (AvgIpc) is 2.61. The number of primary amides is 1. The van der Waals surface area contributed by atoms with E-state index in [1.807, 2.05) is 6.92 Å². The van der Waals surface area contributed by atoms with Gasteiger partial charge in [0.05, 0.1) is 23.3 Å². The van der Waals surface area contributed by atoms with Gasteiger partial charge >= 0.3 is 0 Å². The summed E-state index contributed by atoms with van der Waals surface area (Å²) in [4.78, 5) is 24.6. The lowest BCUT2D eigenvalue weighted by Gasteiger charge is -2.24. The SMILES string of the molecule is CC(C)([CH]C(=O)N1CC[C@@](C)(C#N)C1)C(N)=O. The number of rotatable bonds is 3. The summed E-state index contributed by atoms with van der Waals surface area (Å²) < 4.78 is 0. The van der Waals surface area contributed by atoms with Gasteiger partial charge in [0.25, 0.3) is 0 Å². The van der Waals surface area contributed by atoms with Crippen molar-refractivity contribution in [3.8, 4) is 6.07 Å². The van der Waals surface area contributed by atoms with Crippen LogP contribution in [-0.4, -0.2) is 29.8 Å². The Balaban J connectivity index is 2.63. The summed E-state index contributed by atoms with van der Waals surface area (Å²) in [5.41, 5.74) is 3.78. The number of hydrogen-bond donors (Lipinski definition) is 1. The maximum atomic E-state index is 11.9. The summed E-state index contributed by atoms with van der Waals surface area (Å²) in [5.74, 6) is -0.763. The van der Waals surface area contributed by atoms with E-state index in [2.05, 4.69) is 6.07 Å². The number of amides is 2. The normalized spacial score (nSPS) is 24.5. The highest BCUT2D eigenvalue weighted by Crippen LogP contribution is 2.30. The topological polar surface area (TPSA) is 87.2 Å². The Morgan fingerprint density at radius 2 is 2.12 bits per heavy atom. The quantitative estimate of drug-likeness (QED) is 0.772. The first kappa shape index (κ1) is 13.5. The monoisotopic (exact) mass is 236 g/mol. The summed E-state index contributed by atoms with van der Waals surface area (Å²) in [6, 6.07) is 2.21. The molecule has 1 heterocycles. The Morgan fingerprint density at radius 1 is 1.53 bits per heavy atom. The fraction of sp³-hybridized carbons (Fsp3) is 0.667. The molecule has 93 valence electrons. The van der Waals surface area contributed by atoms with Crippen LogP contribution in [0.1, 0.15) is 27.2 Å². The van der Waals surface area contributed by atoms with Crippen LogP contribution in [0.5, 0.6) is 0 Å². The third kappa shape index (κ3) is 2.96. The summed E-state index contributed by atoms with van der Waals surface area (Å²) >= 11 is 0. The largest absolute Gasteiger partial charge is 0.369 e. The first-order chi connectivity index (χ1) is 7.70. The van der Waals surface area contributed by atoms with E-state index in [0.29, 0.717) is 19.5 Å².